The molecule has 2 rings (SSSR count). The number of ether oxygens (including phenoxy) is 1. The predicted octanol–water partition coefficient (Wildman–Crippen LogP) is 1.35. The lowest BCUT2D eigenvalue weighted by atomic mass is 10.3. The maximum Gasteiger partial charge on any atom is 0.417 e. The summed E-state index contributed by atoms with van der Waals surface area (Å²) in [4.78, 5) is 18.7. The molecule has 0 spiro atoms. The van der Waals surface area contributed by atoms with Crippen molar-refractivity contribution in [2.24, 2.45) is 0 Å². The van der Waals surface area contributed by atoms with E-state index in [-0.39, 0.29) is 12.5 Å². The summed E-state index contributed by atoms with van der Waals surface area (Å²) in [7, 11) is 1.54. The van der Waals surface area contributed by atoms with E-state index in [1.165, 1.54) is 13.2 Å². The van der Waals surface area contributed by atoms with Gasteiger partial charge in [-0.15, -0.1) is 0 Å². The van der Waals surface area contributed by atoms with Crippen LogP contribution in [0.4, 0.5) is 19.0 Å². The van der Waals surface area contributed by atoms with Crippen molar-refractivity contribution in [3.05, 3.63) is 23.9 Å². The Labute approximate surface area is 113 Å². The zero-order chi connectivity index (χ0) is 14.8. The van der Waals surface area contributed by atoms with Gasteiger partial charge in [-0.2, -0.15) is 13.2 Å². The molecule has 1 aromatic heterocycles. The largest absolute Gasteiger partial charge is 0.417 e. The highest BCUT2D eigenvalue weighted by Gasteiger charge is 2.32. The fourth-order valence-electron chi connectivity index (χ4n) is 1.89. The van der Waals surface area contributed by atoms with Crippen LogP contribution in [0.3, 0.4) is 0 Å². The van der Waals surface area contributed by atoms with Crippen molar-refractivity contribution in [3.8, 4) is 0 Å². The first-order chi connectivity index (χ1) is 9.41. The molecule has 0 bridgehead atoms. The molecular weight excluding hydrogens is 275 g/mol. The standard InChI is InChI=1S/C12H14F3N3O2/c1-20-5-4-17-8-18(7-11(17)19)10-3-2-9(6-16-10)12(13,14)15/h2-3,6H,4-5,7-8H2,1H3. The third-order valence-corrected chi connectivity index (χ3v) is 2.98. The minimum Gasteiger partial charge on any atom is -0.383 e. The van der Waals surface area contributed by atoms with Crippen LogP contribution in [0.25, 0.3) is 0 Å². The normalized spacial score (nSPS) is 16.1. The molecule has 0 saturated carbocycles. The summed E-state index contributed by atoms with van der Waals surface area (Å²) in [6.07, 6.45) is -3.63. The van der Waals surface area contributed by atoms with E-state index in [2.05, 4.69) is 4.98 Å². The van der Waals surface area contributed by atoms with Crippen LogP contribution in [-0.4, -0.2) is 49.3 Å². The number of pyridine rings is 1. The number of amides is 1. The van der Waals surface area contributed by atoms with Gasteiger partial charge in [0.25, 0.3) is 0 Å². The molecule has 110 valence electrons. The van der Waals surface area contributed by atoms with Gasteiger partial charge >= 0.3 is 6.18 Å². The topological polar surface area (TPSA) is 45.7 Å². The van der Waals surface area contributed by atoms with Crippen molar-refractivity contribution >= 4 is 11.7 Å². The van der Waals surface area contributed by atoms with Crippen LogP contribution in [0.1, 0.15) is 5.56 Å². The van der Waals surface area contributed by atoms with Crippen molar-refractivity contribution in [1.29, 1.82) is 0 Å². The molecule has 8 heteroatoms. The molecule has 2 heterocycles. The van der Waals surface area contributed by atoms with Gasteiger partial charge in [0.05, 0.1) is 18.8 Å². The summed E-state index contributed by atoms with van der Waals surface area (Å²) < 4.78 is 42.2. The van der Waals surface area contributed by atoms with E-state index in [9.17, 15) is 18.0 Å². The summed E-state index contributed by atoms with van der Waals surface area (Å²) in [5, 5.41) is 0. The van der Waals surface area contributed by atoms with Crippen LogP contribution in [0.15, 0.2) is 18.3 Å². The summed E-state index contributed by atoms with van der Waals surface area (Å²) >= 11 is 0. The summed E-state index contributed by atoms with van der Waals surface area (Å²) in [6, 6.07) is 2.24. The minimum atomic E-state index is -4.41. The Hall–Kier alpha value is -1.83. The Morgan fingerprint density at radius 3 is 2.70 bits per heavy atom. The van der Waals surface area contributed by atoms with Crippen LogP contribution in [0.2, 0.25) is 0 Å². The van der Waals surface area contributed by atoms with Gasteiger partial charge in [0.2, 0.25) is 5.91 Å². The lowest BCUT2D eigenvalue weighted by Crippen LogP contribution is -2.30. The Morgan fingerprint density at radius 1 is 1.40 bits per heavy atom. The van der Waals surface area contributed by atoms with Gasteiger partial charge in [-0.25, -0.2) is 4.98 Å². The maximum atomic E-state index is 12.4. The highest BCUT2D eigenvalue weighted by Crippen LogP contribution is 2.29. The summed E-state index contributed by atoms with van der Waals surface area (Å²) in [5.41, 5.74) is -0.803. The van der Waals surface area contributed by atoms with E-state index in [0.29, 0.717) is 25.6 Å². The van der Waals surface area contributed by atoms with Gasteiger partial charge in [0.1, 0.15) is 12.4 Å². The third kappa shape index (κ3) is 3.19. The number of hydrogen-bond acceptors (Lipinski definition) is 4. The molecule has 1 saturated heterocycles. The average molecular weight is 289 g/mol. The predicted molar refractivity (Wildman–Crippen MR) is 65.0 cm³/mol. The number of halogens is 3. The van der Waals surface area contributed by atoms with Gasteiger partial charge in [-0.1, -0.05) is 0 Å². The van der Waals surface area contributed by atoms with Crippen molar-refractivity contribution in [3.63, 3.8) is 0 Å². The molecule has 0 N–H and O–H groups in total. The van der Waals surface area contributed by atoms with E-state index < -0.39 is 11.7 Å². The number of carbonyl (C=O) groups excluding carboxylic acids is 1. The first kappa shape index (κ1) is 14.6. The maximum absolute atomic E-state index is 12.4. The molecule has 1 aliphatic rings. The van der Waals surface area contributed by atoms with Crippen molar-refractivity contribution in [2.75, 3.05) is 38.4 Å². The van der Waals surface area contributed by atoms with Gasteiger partial charge in [-0.05, 0) is 12.1 Å². The van der Waals surface area contributed by atoms with Gasteiger partial charge in [0.15, 0.2) is 0 Å². The number of alkyl halides is 3. The van der Waals surface area contributed by atoms with Crippen LogP contribution in [0.5, 0.6) is 0 Å². The molecule has 0 unspecified atom stereocenters. The number of anilines is 1. The fraction of sp³-hybridized carbons (Fsp3) is 0.500. The van der Waals surface area contributed by atoms with Crippen molar-refractivity contribution in [1.82, 2.24) is 9.88 Å². The number of nitrogens with zero attached hydrogens (tertiary/aromatic N) is 3. The Balaban J connectivity index is 2.04. The van der Waals surface area contributed by atoms with E-state index in [1.54, 1.807) is 9.80 Å². The highest BCUT2D eigenvalue weighted by molar-refractivity contribution is 5.84. The van der Waals surface area contributed by atoms with Crippen LogP contribution in [-0.2, 0) is 15.7 Å². The Kier molecular flexibility index (Phi) is 4.12. The molecule has 1 aliphatic heterocycles. The second-order valence-corrected chi connectivity index (χ2v) is 4.39. The fourth-order valence-corrected chi connectivity index (χ4v) is 1.89. The first-order valence-corrected chi connectivity index (χ1v) is 5.96. The van der Waals surface area contributed by atoms with Crippen LogP contribution < -0.4 is 4.90 Å². The zero-order valence-electron chi connectivity index (χ0n) is 10.9. The molecule has 0 radical (unpaired) electrons. The molecule has 5 nitrogen and oxygen atoms in total. The zero-order valence-corrected chi connectivity index (χ0v) is 10.9. The van der Waals surface area contributed by atoms with E-state index in [4.69, 9.17) is 4.74 Å². The molecule has 1 amide bonds. The lowest BCUT2D eigenvalue weighted by Gasteiger charge is -2.18. The number of methoxy groups -OCH3 is 1. The molecular formula is C12H14F3N3O2. The number of aromatic nitrogens is 1. The molecule has 0 aliphatic carbocycles. The smallest absolute Gasteiger partial charge is 0.383 e. The molecule has 0 aromatic carbocycles. The van der Waals surface area contributed by atoms with Gasteiger partial charge in [-0.3, -0.25) is 4.79 Å². The van der Waals surface area contributed by atoms with Crippen molar-refractivity contribution < 1.29 is 22.7 Å². The Bertz CT molecular complexity index is 476. The summed E-state index contributed by atoms with van der Waals surface area (Å²) in [6.45, 7) is 1.29. The number of carbonyl (C=O) groups is 1. The Morgan fingerprint density at radius 2 is 2.15 bits per heavy atom. The summed E-state index contributed by atoms with van der Waals surface area (Å²) in [5.74, 6) is 0.259. The average Bonchev–Trinajstić information content (AvgIpc) is 2.77. The number of rotatable bonds is 4. The van der Waals surface area contributed by atoms with Gasteiger partial charge in [0, 0.05) is 19.9 Å². The first-order valence-electron chi connectivity index (χ1n) is 5.96. The SMILES string of the molecule is COCCN1CN(c2ccc(C(F)(F)F)cn2)CC1=O. The van der Waals surface area contributed by atoms with Crippen LogP contribution >= 0.6 is 0 Å². The van der Waals surface area contributed by atoms with Gasteiger partial charge < -0.3 is 14.5 Å². The molecule has 20 heavy (non-hydrogen) atoms. The third-order valence-electron chi connectivity index (χ3n) is 2.98. The van der Waals surface area contributed by atoms with Crippen LogP contribution in [0, 0.1) is 0 Å². The quantitative estimate of drug-likeness (QED) is 0.839. The van der Waals surface area contributed by atoms with E-state index in [1.807, 2.05) is 0 Å². The number of hydrogen-bond donors (Lipinski definition) is 0. The van der Waals surface area contributed by atoms with E-state index >= 15 is 0 Å². The van der Waals surface area contributed by atoms with E-state index in [0.717, 1.165) is 12.3 Å². The highest BCUT2D eigenvalue weighted by atomic mass is 19.4. The second kappa shape index (κ2) is 5.66. The van der Waals surface area contributed by atoms with Crippen molar-refractivity contribution in [2.45, 2.75) is 6.18 Å². The minimum absolute atomic E-state index is 0.0938. The monoisotopic (exact) mass is 289 g/mol. The lowest BCUT2D eigenvalue weighted by molar-refractivity contribution is -0.137. The molecule has 1 fully saturated rings. The molecule has 1 aromatic rings. The second-order valence-electron chi connectivity index (χ2n) is 4.39. The molecule has 0 atom stereocenters.